The minimum Gasteiger partial charge on any atom is -0.484 e. The van der Waals surface area contributed by atoms with Crippen LogP contribution in [0, 0.1) is 23.0 Å². The van der Waals surface area contributed by atoms with Gasteiger partial charge in [-0.05, 0) is 62.6 Å². The highest BCUT2D eigenvalue weighted by atomic mass is 19.1. The number of hydrogen-bond acceptors (Lipinski definition) is 9. The Bertz CT molecular complexity index is 1740. The molecule has 2 aromatic carbocycles. The van der Waals surface area contributed by atoms with Crippen molar-refractivity contribution in [2.75, 3.05) is 13.2 Å². The van der Waals surface area contributed by atoms with Gasteiger partial charge in [0.15, 0.2) is 5.82 Å². The number of likely N-dealkylation sites (tertiary alicyclic amines) is 1. The molecule has 11 nitrogen and oxygen atoms in total. The van der Waals surface area contributed by atoms with Crippen LogP contribution in [0.4, 0.5) is 8.78 Å². The molecule has 1 N–H and O–H groups in total. The number of imidazole rings is 1. The number of nitrogens with zero attached hydrogens (tertiary/aromatic N) is 6. The van der Waals surface area contributed by atoms with Crippen LogP contribution in [-0.2, 0) is 24.4 Å². The molecular formula is C31H30F2N6O5. The summed E-state index contributed by atoms with van der Waals surface area (Å²) < 4.78 is 47.3. The van der Waals surface area contributed by atoms with Gasteiger partial charge in [0.2, 0.25) is 5.82 Å². The SMILES string of the molecule is C[C@H]1C[C@@H](Oc2nc(COc3ccc(F)cc3C#N)ncc2F)CCN1Cc1nc2ccc(C(=O)O)cc2n1C[C@@H]1CCO1. The average Bonchev–Trinajstić information content (AvgIpc) is 3.32. The van der Waals surface area contributed by atoms with E-state index < -0.39 is 17.6 Å². The Hall–Kier alpha value is -4.67. The molecule has 228 valence electrons. The maximum absolute atomic E-state index is 14.6. The van der Waals surface area contributed by atoms with Gasteiger partial charge in [0, 0.05) is 19.2 Å². The zero-order chi connectivity index (χ0) is 30.8. The van der Waals surface area contributed by atoms with Gasteiger partial charge in [0.1, 0.15) is 36.2 Å². The molecule has 0 aliphatic carbocycles. The van der Waals surface area contributed by atoms with Crippen LogP contribution in [0.3, 0.4) is 0 Å². The molecule has 4 heterocycles. The summed E-state index contributed by atoms with van der Waals surface area (Å²) in [5, 5.41) is 18.7. The summed E-state index contributed by atoms with van der Waals surface area (Å²) in [5.41, 5.74) is 1.74. The molecule has 0 saturated carbocycles. The van der Waals surface area contributed by atoms with Gasteiger partial charge >= 0.3 is 5.97 Å². The van der Waals surface area contributed by atoms with Crippen molar-refractivity contribution in [2.45, 2.75) is 64.1 Å². The van der Waals surface area contributed by atoms with Crippen LogP contribution in [0.25, 0.3) is 11.0 Å². The molecule has 2 fully saturated rings. The van der Waals surface area contributed by atoms with Crippen LogP contribution >= 0.6 is 0 Å². The molecular weight excluding hydrogens is 574 g/mol. The lowest BCUT2D eigenvalue weighted by atomic mass is 10.0. The third-order valence-corrected chi connectivity index (χ3v) is 8.02. The number of fused-ring (bicyclic) bond motifs is 1. The topological polar surface area (TPSA) is 136 Å². The minimum absolute atomic E-state index is 0.0290. The fourth-order valence-corrected chi connectivity index (χ4v) is 5.52. The Kier molecular flexibility index (Phi) is 8.36. The van der Waals surface area contributed by atoms with E-state index >= 15 is 0 Å². The fourth-order valence-electron chi connectivity index (χ4n) is 5.52. The Balaban J connectivity index is 1.11. The van der Waals surface area contributed by atoms with Crippen molar-refractivity contribution in [1.29, 1.82) is 5.26 Å². The van der Waals surface area contributed by atoms with Crippen molar-refractivity contribution in [2.24, 2.45) is 0 Å². The van der Waals surface area contributed by atoms with Gasteiger partial charge in [0.05, 0.1) is 47.6 Å². The van der Waals surface area contributed by atoms with E-state index in [0.29, 0.717) is 32.5 Å². The maximum Gasteiger partial charge on any atom is 0.335 e. The average molecular weight is 605 g/mol. The Labute approximate surface area is 251 Å². The molecule has 2 aromatic heterocycles. The van der Waals surface area contributed by atoms with E-state index in [4.69, 9.17) is 19.2 Å². The molecule has 0 bridgehead atoms. The van der Waals surface area contributed by atoms with Gasteiger partial charge in [-0.25, -0.2) is 19.2 Å². The predicted molar refractivity (Wildman–Crippen MR) is 152 cm³/mol. The van der Waals surface area contributed by atoms with Crippen LogP contribution in [0.1, 0.15) is 53.8 Å². The first-order valence-electron chi connectivity index (χ1n) is 14.4. The minimum atomic E-state index is -0.988. The highest BCUT2D eigenvalue weighted by molar-refractivity contribution is 5.92. The van der Waals surface area contributed by atoms with Crippen molar-refractivity contribution in [3.05, 3.63) is 77.0 Å². The Morgan fingerprint density at radius 3 is 2.77 bits per heavy atom. The predicted octanol–water partition coefficient (Wildman–Crippen LogP) is 4.47. The molecule has 0 spiro atoms. The highest BCUT2D eigenvalue weighted by Crippen LogP contribution is 2.28. The summed E-state index contributed by atoms with van der Waals surface area (Å²) >= 11 is 0. The normalized spacial score (nSPS) is 20.2. The van der Waals surface area contributed by atoms with E-state index in [9.17, 15) is 23.9 Å². The molecule has 4 aromatic rings. The van der Waals surface area contributed by atoms with Crippen LogP contribution in [0.2, 0.25) is 0 Å². The van der Waals surface area contributed by atoms with E-state index in [-0.39, 0.29) is 53.4 Å². The van der Waals surface area contributed by atoms with E-state index in [0.717, 1.165) is 42.1 Å². The largest absolute Gasteiger partial charge is 0.484 e. The second-order valence-corrected chi connectivity index (χ2v) is 11.0. The molecule has 6 rings (SSSR count). The maximum atomic E-state index is 14.6. The summed E-state index contributed by atoms with van der Waals surface area (Å²) in [4.78, 5) is 26.9. The molecule has 3 atom stereocenters. The number of carboxylic acid groups (broad SMARTS) is 1. The Morgan fingerprint density at radius 2 is 2.05 bits per heavy atom. The molecule has 13 heteroatoms. The molecule has 44 heavy (non-hydrogen) atoms. The molecule has 2 saturated heterocycles. The first-order chi connectivity index (χ1) is 21.3. The number of ether oxygens (including phenoxy) is 3. The van der Waals surface area contributed by atoms with Gasteiger partial charge in [-0.3, -0.25) is 4.90 Å². The second kappa shape index (κ2) is 12.5. The lowest BCUT2D eigenvalue weighted by Crippen LogP contribution is -2.44. The second-order valence-electron chi connectivity index (χ2n) is 11.0. The molecule has 2 aliphatic rings. The van der Waals surface area contributed by atoms with Gasteiger partial charge in [-0.2, -0.15) is 14.6 Å². The molecule has 0 amide bonds. The van der Waals surface area contributed by atoms with Crippen molar-refractivity contribution in [1.82, 2.24) is 24.4 Å². The summed E-state index contributed by atoms with van der Waals surface area (Å²) in [5.74, 6) is -1.27. The quantitative estimate of drug-likeness (QED) is 0.276. The molecule has 0 unspecified atom stereocenters. The van der Waals surface area contributed by atoms with Crippen LogP contribution in [0.5, 0.6) is 11.6 Å². The van der Waals surface area contributed by atoms with E-state index in [1.165, 1.54) is 12.1 Å². The van der Waals surface area contributed by atoms with E-state index in [2.05, 4.69) is 26.4 Å². The molecule has 0 radical (unpaired) electrons. The number of aromatic carboxylic acids is 1. The van der Waals surface area contributed by atoms with Crippen molar-refractivity contribution >= 4 is 17.0 Å². The van der Waals surface area contributed by atoms with Crippen LogP contribution < -0.4 is 9.47 Å². The highest BCUT2D eigenvalue weighted by Gasteiger charge is 2.30. The fraction of sp³-hybridized carbons (Fsp3) is 0.387. The summed E-state index contributed by atoms with van der Waals surface area (Å²) in [6, 6.07) is 10.5. The zero-order valence-corrected chi connectivity index (χ0v) is 23.9. The third-order valence-electron chi connectivity index (χ3n) is 8.02. The third kappa shape index (κ3) is 6.31. The lowest BCUT2D eigenvalue weighted by molar-refractivity contribution is -0.0593. The van der Waals surface area contributed by atoms with Gasteiger partial charge in [0.25, 0.3) is 5.88 Å². The number of piperidine rings is 1. The van der Waals surface area contributed by atoms with Crippen LogP contribution in [0.15, 0.2) is 42.6 Å². The van der Waals surface area contributed by atoms with Crippen molar-refractivity contribution in [3.8, 4) is 17.7 Å². The van der Waals surface area contributed by atoms with Gasteiger partial charge < -0.3 is 23.9 Å². The first-order valence-corrected chi connectivity index (χ1v) is 14.4. The van der Waals surface area contributed by atoms with Gasteiger partial charge in [-0.15, -0.1) is 0 Å². The number of carboxylic acids is 1. The smallest absolute Gasteiger partial charge is 0.335 e. The zero-order valence-electron chi connectivity index (χ0n) is 23.9. The number of carbonyl (C=O) groups is 1. The first kappa shape index (κ1) is 29.4. The van der Waals surface area contributed by atoms with Gasteiger partial charge in [-0.1, -0.05) is 0 Å². The number of hydrogen-bond donors (Lipinski definition) is 1. The lowest BCUT2D eigenvalue weighted by Gasteiger charge is -2.37. The number of halogens is 2. The van der Waals surface area contributed by atoms with Crippen molar-refractivity contribution < 1.29 is 32.9 Å². The van der Waals surface area contributed by atoms with Crippen LogP contribution in [-0.4, -0.2) is 66.9 Å². The van der Waals surface area contributed by atoms with E-state index in [1.54, 1.807) is 18.2 Å². The summed E-state index contributed by atoms with van der Waals surface area (Å²) in [7, 11) is 0. The Morgan fingerprint density at radius 1 is 1.20 bits per heavy atom. The number of benzene rings is 2. The molecule has 2 aliphatic heterocycles. The van der Waals surface area contributed by atoms with Crippen molar-refractivity contribution in [3.63, 3.8) is 0 Å². The monoisotopic (exact) mass is 604 g/mol. The number of nitriles is 1. The number of aromatic nitrogens is 4. The standard InChI is InChI=1S/C31H30F2N6O5/c1-18-10-22(44-30-24(33)14-35-28(37-30)17-43-27-5-3-21(32)11-20(27)13-34)6-8-38(18)16-29-36-25-4-2-19(31(40)41)12-26(25)39(29)15-23-7-9-42-23/h2-5,11-12,14,18,22-23H,6-10,15-17H2,1H3,(H,40,41)/t18-,22-,23-/m0/s1. The number of rotatable bonds is 10. The summed E-state index contributed by atoms with van der Waals surface area (Å²) in [6.07, 6.45) is 2.97. The summed E-state index contributed by atoms with van der Waals surface area (Å²) in [6.45, 7) is 4.45. The van der Waals surface area contributed by atoms with E-state index in [1.807, 2.05) is 6.07 Å².